The number of carbonyl (C=O) groups excluding carboxylic acids is 2. The van der Waals surface area contributed by atoms with Gasteiger partial charge in [-0.2, -0.15) is 0 Å². The van der Waals surface area contributed by atoms with E-state index in [0.717, 1.165) is 24.0 Å². The maximum absolute atomic E-state index is 12.5. The molecule has 0 aliphatic heterocycles. The molecule has 25 heavy (non-hydrogen) atoms. The second-order valence-corrected chi connectivity index (χ2v) is 6.55. The largest absolute Gasteiger partial charge is 0.341 e. The first-order valence-corrected chi connectivity index (χ1v) is 8.72. The van der Waals surface area contributed by atoms with Crippen molar-refractivity contribution >= 4 is 17.5 Å². The van der Waals surface area contributed by atoms with Crippen molar-refractivity contribution in [3.8, 4) is 0 Å². The van der Waals surface area contributed by atoms with Crippen molar-refractivity contribution in [1.29, 1.82) is 0 Å². The molecule has 130 valence electrons. The molecule has 1 aliphatic rings. The van der Waals surface area contributed by atoms with Crippen LogP contribution in [0.4, 0.5) is 5.69 Å². The van der Waals surface area contributed by atoms with Gasteiger partial charge in [-0.1, -0.05) is 43.2 Å². The topological polar surface area (TPSA) is 71.1 Å². The highest BCUT2D eigenvalue weighted by molar-refractivity contribution is 6.39. The van der Waals surface area contributed by atoms with Gasteiger partial charge >= 0.3 is 11.8 Å². The summed E-state index contributed by atoms with van der Waals surface area (Å²) in [5.74, 6) is -0.890. The Kier molecular flexibility index (Phi) is 5.43. The molecule has 1 aromatic carbocycles. The number of aromatic nitrogens is 1. The van der Waals surface area contributed by atoms with Gasteiger partial charge in [0.2, 0.25) is 0 Å². The number of nitrogens with one attached hydrogen (secondary N) is 2. The predicted octanol–water partition coefficient (Wildman–Crippen LogP) is 3.38. The third-order valence-electron chi connectivity index (χ3n) is 4.81. The molecule has 0 unspecified atom stereocenters. The summed E-state index contributed by atoms with van der Waals surface area (Å²) < 4.78 is 0. The number of aryl methyl sites for hydroxylation is 1. The average molecular weight is 337 g/mol. The van der Waals surface area contributed by atoms with E-state index < -0.39 is 11.8 Å². The molecule has 0 spiro atoms. The molecule has 1 fully saturated rings. The molecule has 1 saturated carbocycles. The van der Waals surface area contributed by atoms with Crippen LogP contribution in [-0.4, -0.2) is 16.8 Å². The summed E-state index contributed by atoms with van der Waals surface area (Å²) in [7, 11) is 0. The van der Waals surface area contributed by atoms with E-state index in [-0.39, 0.29) is 6.04 Å². The van der Waals surface area contributed by atoms with Gasteiger partial charge in [-0.15, -0.1) is 0 Å². The fourth-order valence-corrected chi connectivity index (χ4v) is 3.41. The summed E-state index contributed by atoms with van der Waals surface area (Å²) in [4.78, 5) is 28.7. The number of rotatable bonds is 4. The van der Waals surface area contributed by atoms with E-state index in [4.69, 9.17) is 0 Å². The summed E-state index contributed by atoms with van der Waals surface area (Å²) in [5, 5.41) is 5.59. The molecule has 0 saturated heterocycles. The normalized spacial score (nSPS) is 15.6. The van der Waals surface area contributed by atoms with Crippen LogP contribution >= 0.6 is 0 Å². The van der Waals surface area contributed by atoms with Crippen molar-refractivity contribution in [2.75, 3.05) is 5.32 Å². The molecule has 1 atom stereocenters. The molecule has 1 aliphatic carbocycles. The summed E-state index contributed by atoms with van der Waals surface area (Å²) in [6.45, 7) is 1.86. The molecular weight excluding hydrogens is 314 g/mol. The van der Waals surface area contributed by atoms with Crippen molar-refractivity contribution in [2.45, 2.75) is 38.6 Å². The second kappa shape index (κ2) is 7.92. The molecule has 0 radical (unpaired) electrons. The smallest absolute Gasteiger partial charge is 0.313 e. The van der Waals surface area contributed by atoms with Crippen LogP contribution < -0.4 is 10.6 Å². The highest BCUT2D eigenvalue weighted by Crippen LogP contribution is 2.35. The van der Waals surface area contributed by atoms with Gasteiger partial charge in [0.15, 0.2) is 0 Å². The number of carbonyl (C=O) groups is 2. The Morgan fingerprint density at radius 3 is 2.48 bits per heavy atom. The first-order chi connectivity index (χ1) is 12.1. The zero-order valence-electron chi connectivity index (χ0n) is 14.4. The van der Waals surface area contributed by atoms with Gasteiger partial charge in [0, 0.05) is 6.20 Å². The minimum absolute atomic E-state index is 0.128. The zero-order valence-corrected chi connectivity index (χ0v) is 14.4. The lowest BCUT2D eigenvalue weighted by molar-refractivity contribution is -0.136. The van der Waals surface area contributed by atoms with Crippen LogP contribution in [0.2, 0.25) is 0 Å². The molecular formula is C20H23N3O2. The van der Waals surface area contributed by atoms with Gasteiger partial charge in [-0.25, -0.2) is 0 Å². The molecule has 2 N–H and O–H groups in total. The van der Waals surface area contributed by atoms with E-state index in [0.29, 0.717) is 11.6 Å². The average Bonchev–Trinajstić information content (AvgIpc) is 3.16. The SMILES string of the molecule is Cc1ccncc1NC(=O)C(=O)N[C@@H](c1ccccc1)C1CCCC1. The molecule has 5 nitrogen and oxygen atoms in total. The van der Waals surface area contributed by atoms with Crippen LogP contribution in [0.25, 0.3) is 0 Å². The Morgan fingerprint density at radius 2 is 1.80 bits per heavy atom. The number of hydrogen-bond acceptors (Lipinski definition) is 3. The highest BCUT2D eigenvalue weighted by Gasteiger charge is 2.29. The third kappa shape index (κ3) is 4.24. The molecule has 2 aromatic rings. The molecule has 2 amide bonds. The number of amides is 2. The van der Waals surface area contributed by atoms with Gasteiger partial charge in [0.25, 0.3) is 0 Å². The Morgan fingerprint density at radius 1 is 1.08 bits per heavy atom. The monoisotopic (exact) mass is 337 g/mol. The van der Waals surface area contributed by atoms with E-state index in [9.17, 15) is 9.59 Å². The van der Waals surface area contributed by atoms with E-state index in [1.54, 1.807) is 18.5 Å². The summed E-state index contributed by atoms with van der Waals surface area (Å²) in [6, 6.07) is 11.6. The molecule has 3 rings (SSSR count). The maximum Gasteiger partial charge on any atom is 0.313 e. The summed E-state index contributed by atoms with van der Waals surface area (Å²) in [6.07, 6.45) is 7.69. The van der Waals surface area contributed by atoms with Gasteiger partial charge in [0.1, 0.15) is 0 Å². The maximum atomic E-state index is 12.5. The van der Waals surface area contributed by atoms with E-state index in [2.05, 4.69) is 15.6 Å². The Balaban J connectivity index is 1.71. The van der Waals surface area contributed by atoms with Crippen molar-refractivity contribution in [3.63, 3.8) is 0 Å². The van der Waals surface area contributed by atoms with E-state index in [1.165, 1.54) is 12.8 Å². The number of nitrogens with zero attached hydrogens (tertiary/aromatic N) is 1. The van der Waals surface area contributed by atoms with Crippen LogP contribution in [0.3, 0.4) is 0 Å². The van der Waals surface area contributed by atoms with Crippen LogP contribution in [0.1, 0.15) is 42.9 Å². The number of anilines is 1. The summed E-state index contributed by atoms with van der Waals surface area (Å²) in [5.41, 5.74) is 2.47. The Bertz CT molecular complexity index is 740. The Hall–Kier alpha value is -2.69. The Labute approximate surface area is 147 Å². The van der Waals surface area contributed by atoms with Crippen LogP contribution in [0.15, 0.2) is 48.8 Å². The standard InChI is InChI=1S/C20H23N3O2/c1-14-11-12-21-13-17(14)22-19(24)20(25)23-18(16-9-5-6-10-16)15-7-3-2-4-8-15/h2-4,7-8,11-13,16,18H,5-6,9-10H2,1H3,(H,22,24)(H,23,25)/t18-/m0/s1. The van der Waals surface area contributed by atoms with Gasteiger partial charge in [-0.3, -0.25) is 14.6 Å². The predicted molar refractivity (Wildman–Crippen MR) is 96.9 cm³/mol. The fraction of sp³-hybridized carbons (Fsp3) is 0.350. The number of pyridine rings is 1. The van der Waals surface area contributed by atoms with Gasteiger partial charge in [0.05, 0.1) is 17.9 Å². The molecule has 1 heterocycles. The quantitative estimate of drug-likeness (QED) is 0.840. The van der Waals surface area contributed by atoms with Crippen molar-refractivity contribution in [1.82, 2.24) is 10.3 Å². The summed E-state index contributed by atoms with van der Waals surface area (Å²) >= 11 is 0. The van der Waals surface area contributed by atoms with E-state index in [1.807, 2.05) is 37.3 Å². The lowest BCUT2D eigenvalue weighted by Crippen LogP contribution is -2.40. The zero-order chi connectivity index (χ0) is 17.6. The first kappa shape index (κ1) is 17.1. The van der Waals surface area contributed by atoms with Crippen molar-refractivity contribution in [2.24, 2.45) is 5.92 Å². The van der Waals surface area contributed by atoms with E-state index >= 15 is 0 Å². The van der Waals surface area contributed by atoms with Crippen molar-refractivity contribution in [3.05, 3.63) is 59.9 Å². The van der Waals surface area contributed by atoms with Crippen LogP contribution in [0, 0.1) is 12.8 Å². The molecule has 5 heteroatoms. The van der Waals surface area contributed by atoms with Gasteiger partial charge in [-0.05, 0) is 42.9 Å². The van der Waals surface area contributed by atoms with Gasteiger partial charge < -0.3 is 10.6 Å². The lowest BCUT2D eigenvalue weighted by Gasteiger charge is -2.25. The lowest BCUT2D eigenvalue weighted by atomic mass is 9.91. The fourth-order valence-electron chi connectivity index (χ4n) is 3.41. The number of benzene rings is 1. The molecule has 1 aromatic heterocycles. The van der Waals surface area contributed by atoms with Crippen LogP contribution in [-0.2, 0) is 9.59 Å². The second-order valence-electron chi connectivity index (χ2n) is 6.55. The third-order valence-corrected chi connectivity index (χ3v) is 4.81. The minimum atomic E-state index is -0.657. The number of hydrogen-bond donors (Lipinski definition) is 2. The van der Waals surface area contributed by atoms with Crippen LogP contribution in [0.5, 0.6) is 0 Å². The highest BCUT2D eigenvalue weighted by atomic mass is 16.2. The molecule has 0 bridgehead atoms. The first-order valence-electron chi connectivity index (χ1n) is 8.72. The minimum Gasteiger partial charge on any atom is -0.341 e. The van der Waals surface area contributed by atoms with Crippen molar-refractivity contribution < 1.29 is 9.59 Å².